The number of nitrogens with zero attached hydrogens (tertiary/aromatic N) is 2. The Balaban J connectivity index is 1.64. The van der Waals surface area contributed by atoms with Gasteiger partial charge >= 0.3 is 6.09 Å². The van der Waals surface area contributed by atoms with Crippen LogP contribution in [-0.4, -0.2) is 47.0 Å². The van der Waals surface area contributed by atoms with Gasteiger partial charge in [-0.15, -0.1) is 0 Å². The van der Waals surface area contributed by atoms with Crippen LogP contribution in [0, 0.1) is 11.8 Å². The van der Waals surface area contributed by atoms with E-state index in [1.54, 1.807) is 0 Å². The Morgan fingerprint density at radius 3 is 2.42 bits per heavy atom. The van der Waals surface area contributed by atoms with Crippen LogP contribution in [0.15, 0.2) is 30.3 Å². The fourth-order valence-corrected chi connectivity index (χ4v) is 3.63. The molecule has 5 nitrogen and oxygen atoms in total. The van der Waals surface area contributed by atoms with Crippen molar-refractivity contribution in [1.29, 1.82) is 0 Å². The van der Waals surface area contributed by atoms with Crippen molar-refractivity contribution >= 4 is 12.0 Å². The summed E-state index contributed by atoms with van der Waals surface area (Å²) in [6, 6.07) is 10.6. The number of amides is 2. The summed E-state index contributed by atoms with van der Waals surface area (Å²) in [5.74, 6) is 0.0249. The van der Waals surface area contributed by atoms with Crippen molar-refractivity contribution in [1.82, 2.24) is 9.80 Å². The maximum Gasteiger partial charge on any atom is 0.417 e. The predicted octanol–water partition coefficient (Wildman–Crippen LogP) is 3.07. The van der Waals surface area contributed by atoms with Crippen LogP contribution in [0.2, 0.25) is 0 Å². The van der Waals surface area contributed by atoms with Gasteiger partial charge in [-0.05, 0) is 33.3 Å². The van der Waals surface area contributed by atoms with Crippen LogP contribution >= 0.6 is 0 Å². The summed E-state index contributed by atoms with van der Waals surface area (Å²) in [5, 5.41) is 0. The van der Waals surface area contributed by atoms with E-state index in [2.05, 4.69) is 24.0 Å². The molecular formula is C19H26N2O3. The first-order valence-corrected chi connectivity index (χ1v) is 8.59. The molecule has 24 heavy (non-hydrogen) atoms. The number of imide groups is 1. The summed E-state index contributed by atoms with van der Waals surface area (Å²) in [6.45, 7) is 9.63. The third-order valence-electron chi connectivity index (χ3n) is 4.91. The summed E-state index contributed by atoms with van der Waals surface area (Å²) in [7, 11) is 0. The molecule has 0 saturated carbocycles. The summed E-state index contributed by atoms with van der Waals surface area (Å²) in [6.07, 6.45) is -0.510. The van der Waals surface area contributed by atoms with Gasteiger partial charge in [-0.3, -0.25) is 9.69 Å². The van der Waals surface area contributed by atoms with Crippen molar-refractivity contribution in [2.75, 3.05) is 19.6 Å². The Labute approximate surface area is 143 Å². The van der Waals surface area contributed by atoms with E-state index in [0.29, 0.717) is 13.1 Å². The van der Waals surface area contributed by atoms with Crippen molar-refractivity contribution in [3.63, 3.8) is 0 Å². The number of hydrogen-bond donors (Lipinski definition) is 0. The Hall–Kier alpha value is -1.88. The van der Waals surface area contributed by atoms with E-state index in [1.165, 1.54) is 10.5 Å². The van der Waals surface area contributed by atoms with Gasteiger partial charge in [-0.1, -0.05) is 30.3 Å². The molecule has 2 aliphatic heterocycles. The van der Waals surface area contributed by atoms with E-state index in [0.717, 1.165) is 6.54 Å². The fraction of sp³-hybridized carbons (Fsp3) is 0.579. The maximum atomic E-state index is 12.6. The molecule has 2 aliphatic rings. The standard InChI is InChI=1S/C19H26N2O3/c1-13(14-8-6-5-7-9-14)20-10-15-11-21(17(22)16(15)12-20)18(23)24-19(2,3)4/h5-9,13,15-16H,10-12H2,1-4H3/t13-,15-,16-/m1/s1. The second-order valence-corrected chi connectivity index (χ2v) is 7.84. The van der Waals surface area contributed by atoms with E-state index < -0.39 is 11.7 Å². The molecule has 0 aromatic heterocycles. The van der Waals surface area contributed by atoms with Crippen molar-refractivity contribution < 1.29 is 14.3 Å². The molecule has 1 aromatic carbocycles. The molecule has 0 N–H and O–H groups in total. The fourth-order valence-electron chi connectivity index (χ4n) is 3.63. The van der Waals surface area contributed by atoms with Crippen molar-refractivity contribution in [3.05, 3.63) is 35.9 Å². The van der Waals surface area contributed by atoms with Crippen LogP contribution in [0.1, 0.15) is 39.3 Å². The van der Waals surface area contributed by atoms with E-state index in [1.807, 2.05) is 39.0 Å². The summed E-state index contributed by atoms with van der Waals surface area (Å²) < 4.78 is 5.35. The number of ether oxygens (including phenoxy) is 1. The number of rotatable bonds is 2. The van der Waals surface area contributed by atoms with Crippen LogP contribution in [0.25, 0.3) is 0 Å². The van der Waals surface area contributed by atoms with Gasteiger partial charge in [0, 0.05) is 31.6 Å². The summed E-state index contributed by atoms with van der Waals surface area (Å²) >= 11 is 0. The van der Waals surface area contributed by atoms with Gasteiger partial charge < -0.3 is 4.74 Å². The Morgan fingerprint density at radius 2 is 1.83 bits per heavy atom. The Bertz CT molecular complexity index is 623. The van der Waals surface area contributed by atoms with Gasteiger partial charge in [-0.25, -0.2) is 9.69 Å². The molecule has 2 fully saturated rings. The first-order chi connectivity index (χ1) is 11.3. The zero-order chi connectivity index (χ0) is 17.5. The van der Waals surface area contributed by atoms with Gasteiger partial charge in [-0.2, -0.15) is 0 Å². The minimum atomic E-state index is -0.580. The van der Waals surface area contributed by atoms with Gasteiger partial charge in [0.15, 0.2) is 0 Å². The summed E-state index contributed by atoms with van der Waals surface area (Å²) in [4.78, 5) is 28.5. The molecule has 0 unspecified atom stereocenters. The second kappa shape index (κ2) is 6.20. The molecule has 130 valence electrons. The van der Waals surface area contributed by atoms with Crippen LogP contribution in [0.5, 0.6) is 0 Å². The molecule has 0 spiro atoms. The van der Waals surface area contributed by atoms with Gasteiger partial charge in [0.1, 0.15) is 5.60 Å². The third-order valence-corrected chi connectivity index (χ3v) is 4.91. The van der Waals surface area contributed by atoms with Crippen molar-refractivity contribution in [2.45, 2.75) is 39.3 Å². The average Bonchev–Trinajstić information content (AvgIpc) is 3.06. The minimum Gasteiger partial charge on any atom is -0.443 e. The predicted molar refractivity (Wildman–Crippen MR) is 91.4 cm³/mol. The topological polar surface area (TPSA) is 49.9 Å². The summed E-state index contributed by atoms with van der Waals surface area (Å²) in [5.41, 5.74) is 0.678. The highest BCUT2D eigenvalue weighted by Crippen LogP contribution is 2.37. The highest BCUT2D eigenvalue weighted by Gasteiger charge is 2.49. The van der Waals surface area contributed by atoms with Gasteiger partial charge in [0.2, 0.25) is 5.91 Å². The average molecular weight is 330 g/mol. The second-order valence-electron chi connectivity index (χ2n) is 7.84. The van der Waals surface area contributed by atoms with E-state index >= 15 is 0 Å². The molecule has 3 rings (SSSR count). The van der Waals surface area contributed by atoms with Crippen LogP contribution in [0.4, 0.5) is 4.79 Å². The van der Waals surface area contributed by atoms with Crippen molar-refractivity contribution in [3.8, 4) is 0 Å². The molecule has 0 radical (unpaired) electrons. The van der Waals surface area contributed by atoms with Crippen molar-refractivity contribution in [2.24, 2.45) is 11.8 Å². The minimum absolute atomic E-state index is 0.0861. The molecule has 1 aromatic rings. The van der Waals surface area contributed by atoms with Gasteiger partial charge in [0.05, 0.1) is 5.92 Å². The molecule has 2 saturated heterocycles. The zero-order valence-corrected chi connectivity index (χ0v) is 14.9. The molecule has 5 heteroatoms. The lowest BCUT2D eigenvalue weighted by atomic mass is 10.0. The van der Waals surface area contributed by atoms with E-state index in [4.69, 9.17) is 4.74 Å². The number of hydrogen-bond acceptors (Lipinski definition) is 4. The quantitative estimate of drug-likeness (QED) is 0.836. The lowest BCUT2D eigenvalue weighted by molar-refractivity contribution is -0.130. The number of fused-ring (bicyclic) bond motifs is 1. The first-order valence-electron chi connectivity index (χ1n) is 8.59. The molecule has 2 amide bonds. The molecule has 0 aliphatic carbocycles. The van der Waals surface area contributed by atoms with Crippen LogP contribution in [-0.2, 0) is 9.53 Å². The molecule has 2 heterocycles. The highest BCUT2D eigenvalue weighted by molar-refractivity contribution is 5.95. The normalized spacial score (nSPS) is 25.7. The lowest BCUT2D eigenvalue weighted by Gasteiger charge is -2.27. The number of carbonyl (C=O) groups is 2. The number of likely N-dealkylation sites (tertiary alicyclic amines) is 2. The van der Waals surface area contributed by atoms with E-state index in [9.17, 15) is 9.59 Å². The Kier molecular flexibility index (Phi) is 4.38. The van der Waals surface area contributed by atoms with Crippen LogP contribution < -0.4 is 0 Å². The highest BCUT2D eigenvalue weighted by atomic mass is 16.6. The maximum absolute atomic E-state index is 12.6. The monoisotopic (exact) mass is 330 g/mol. The number of carbonyl (C=O) groups excluding carboxylic acids is 2. The van der Waals surface area contributed by atoms with E-state index in [-0.39, 0.29) is 23.8 Å². The molecule has 0 bridgehead atoms. The lowest BCUT2D eigenvalue weighted by Crippen LogP contribution is -2.40. The SMILES string of the molecule is C[C@H](c1ccccc1)N1C[C@@H]2CN(C(=O)OC(C)(C)C)C(=O)[C@@H]2C1. The zero-order valence-electron chi connectivity index (χ0n) is 14.9. The number of benzene rings is 1. The van der Waals surface area contributed by atoms with Crippen LogP contribution in [0.3, 0.4) is 0 Å². The molecular weight excluding hydrogens is 304 g/mol. The smallest absolute Gasteiger partial charge is 0.417 e. The molecule has 3 atom stereocenters. The first kappa shape index (κ1) is 17.0. The third kappa shape index (κ3) is 3.31. The van der Waals surface area contributed by atoms with Gasteiger partial charge in [0.25, 0.3) is 0 Å². The Morgan fingerprint density at radius 1 is 1.17 bits per heavy atom. The largest absolute Gasteiger partial charge is 0.443 e.